The van der Waals surface area contributed by atoms with Crippen molar-refractivity contribution >= 4 is 25.7 Å². The maximum atomic E-state index is 12.9. The molecule has 0 saturated heterocycles. The zero-order valence-electron chi connectivity index (χ0n) is 48.1. The van der Waals surface area contributed by atoms with Crippen LogP contribution in [0.3, 0.4) is 0 Å². The molecule has 11 nitrogen and oxygen atoms in total. The molecule has 0 aromatic rings. The average molecular weight is 1070 g/mol. The third-order valence-corrected chi connectivity index (χ3v) is 14.5. The molecule has 0 aromatic carbocycles. The first-order valence-corrected chi connectivity index (χ1v) is 32.4. The minimum atomic E-state index is -4.75. The highest BCUT2D eigenvalue weighted by molar-refractivity contribution is 7.47. The minimum absolute atomic E-state index is 0.164. The van der Waals surface area contributed by atoms with Crippen molar-refractivity contribution in [2.24, 2.45) is 0 Å². The summed E-state index contributed by atoms with van der Waals surface area (Å²) in [5.41, 5.74) is 0. The Bertz CT molecular complexity index is 1380. The Morgan fingerprint density at radius 2 is 0.689 bits per heavy atom. The molecule has 0 heterocycles. The standard InChI is InChI=1S/C62H115O11P/c1-4-7-10-13-16-19-22-25-27-28-29-30-32-35-38-41-44-47-50-53-62(66)73-59(55-69-60(64)51-48-45-42-39-36-34-31-26-23-20-17-14-11-8-5-2)57-71-74(67,68)70-56-58(54-63)72-61(65)52-49-46-43-40-37-33-24-21-18-15-12-9-6-3/h12,15,21,24-25,27,58-59,63H,4-11,13-14,16-20,22-23,26,28-57H2,1-3H3,(H,67,68)/b15-12-,24-21-,27-25-. The molecule has 0 radical (unpaired) electrons. The third kappa shape index (κ3) is 54.5. The Morgan fingerprint density at radius 1 is 0.378 bits per heavy atom. The van der Waals surface area contributed by atoms with Crippen LogP contribution in [-0.4, -0.2) is 66.5 Å². The van der Waals surface area contributed by atoms with Gasteiger partial charge in [-0.3, -0.25) is 23.4 Å². The number of hydrogen-bond acceptors (Lipinski definition) is 10. The summed E-state index contributed by atoms with van der Waals surface area (Å²) in [6.07, 6.45) is 59.5. The van der Waals surface area contributed by atoms with Crippen LogP contribution in [0.1, 0.15) is 303 Å². The molecular weight excluding hydrogens is 952 g/mol. The van der Waals surface area contributed by atoms with Gasteiger partial charge in [0.1, 0.15) is 12.7 Å². The van der Waals surface area contributed by atoms with Crippen molar-refractivity contribution in [2.45, 2.75) is 315 Å². The molecular formula is C62H115O11P. The Labute approximate surface area is 454 Å². The van der Waals surface area contributed by atoms with Gasteiger partial charge in [-0.2, -0.15) is 0 Å². The molecule has 3 atom stereocenters. The number of phosphoric ester groups is 1. The van der Waals surface area contributed by atoms with Gasteiger partial charge >= 0.3 is 25.7 Å². The second kappa shape index (κ2) is 56.9. The van der Waals surface area contributed by atoms with E-state index in [1.165, 1.54) is 161 Å². The van der Waals surface area contributed by atoms with Crippen LogP contribution >= 0.6 is 7.82 Å². The van der Waals surface area contributed by atoms with Crippen molar-refractivity contribution in [1.82, 2.24) is 0 Å². The lowest BCUT2D eigenvalue weighted by molar-refractivity contribution is -0.161. The quantitative estimate of drug-likeness (QED) is 0.0197. The summed E-state index contributed by atoms with van der Waals surface area (Å²) in [5.74, 6) is -1.46. The van der Waals surface area contributed by atoms with Gasteiger partial charge in [0, 0.05) is 19.3 Å². The molecule has 0 saturated carbocycles. The Morgan fingerprint density at radius 3 is 1.07 bits per heavy atom. The summed E-state index contributed by atoms with van der Waals surface area (Å²) >= 11 is 0. The highest BCUT2D eigenvalue weighted by atomic mass is 31.2. The Hall–Kier alpha value is -2.30. The van der Waals surface area contributed by atoms with E-state index in [9.17, 15) is 28.9 Å². The van der Waals surface area contributed by atoms with Gasteiger partial charge in [0.15, 0.2) is 6.10 Å². The lowest BCUT2D eigenvalue weighted by atomic mass is 10.0. The highest BCUT2D eigenvalue weighted by Crippen LogP contribution is 2.43. The predicted octanol–water partition coefficient (Wildman–Crippen LogP) is 18.4. The summed E-state index contributed by atoms with van der Waals surface area (Å²) in [6.45, 7) is 4.61. The molecule has 0 aliphatic heterocycles. The predicted molar refractivity (Wildman–Crippen MR) is 307 cm³/mol. The number of phosphoric acid groups is 1. The van der Waals surface area contributed by atoms with Crippen LogP contribution in [-0.2, 0) is 42.2 Å². The van der Waals surface area contributed by atoms with Crippen LogP contribution in [0, 0.1) is 0 Å². The van der Waals surface area contributed by atoms with E-state index in [4.69, 9.17) is 23.3 Å². The van der Waals surface area contributed by atoms with E-state index in [-0.39, 0.29) is 25.9 Å². The topological polar surface area (TPSA) is 155 Å². The van der Waals surface area contributed by atoms with Crippen LogP contribution < -0.4 is 0 Å². The van der Waals surface area contributed by atoms with Crippen LogP contribution in [0.2, 0.25) is 0 Å². The van der Waals surface area contributed by atoms with Gasteiger partial charge in [-0.05, 0) is 70.6 Å². The van der Waals surface area contributed by atoms with E-state index in [0.717, 1.165) is 83.5 Å². The van der Waals surface area contributed by atoms with Crippen molar-refractivity contribution < 1.29 is 52.2 Å². The van der Waals surface area contributed by atoms with E-state index >= 15 is 0 Å². The number of carbonyl (C=O) groups excluding carboxylic acids is 3. The molecule has 0 aliphatic carbocycles. The summed E-state index contributed by atoms with van der Waals surface area (Å²) in [5, 5.41) is 9.82. The fraction of sp³-hybridized carbons (Fsp3) is 0.855. The monoisotopic (exact) mass is 1070 g/mol. The number of hydrogen-bond donors (Lipinski definition) is 2. The number of allylic oxidation sites excluding steroid dienone is 6. The van der Waals surface area contributed by atoms with Crippen molar-refractivity contribution in [3.8, 4) is 0 Å². The van der Waals surface area contributed by atoms with Crippen LogP contribution in [0.15, 0.2) is 36.5 Å². The summed E-state index contributed by atoms with van der Waals surface area (Å²) in [6, 6.07) is 0. The molecule has 3 unspecified atom stereocenters. The van der Waals surface area contributed by atoms with Gasteiger partial charge in [-0.15, -0.1) is 0 Å². The molecule has 0 aliphatic rings. The number of rotatable bonds is 58. The lowest BCUT2D eigenvalue weighted by Gasteiger charge is -2.21. The Balaban J connectivity index is 4.68. The maximum absolute atomic E-state index is 12.9. The molecule has 0 spiro atoms. The first-order chi connectivity index (χ1) is 36.2. The maximum Gasteiger partial charge on any atom is 0.472 e. The molecule has 434 valence electrons. The van der Waals surface area contributed by atoms with Gasteiger partial charge in [0.05, 0.1) is 19.8 Å². The number of aliphatic hydroxyl groups excluding tert-OH is 1. The molecule has 2 N–H and O–H groups in total. The smallest absolute Gasteiger partial charge is 0.462 e. The van der Waals surface area contributed by atoms with Crippen molar-refractivity contribution in [3.05, 3.63) is 36.5 Å². The van der Waals surface area contributed by atoms with Gasteiger partial charge in [-0.25, -0.2) is 4.57 Å². The highest BCUT2D eigenvalue weighted by Gasteiger charge is 2.28. The fourth-order valence-corrected chi connectivity index (χ4v) is 9.59. The summed E-state index contributed by atoms with van der Waals surface area (Å²) in [7, 11) is -4.75. The number of aliphatic hydroxyl groups is 1. The Kier molecular flexibility index (Phi) is 55.1. The normalized spacial score (nSPS) is 13.5. The van der Waals surface area contributed by atoms with E-state index in [1.807, 2.05) is 0 Å². The summed E-state index contributed by atoms with van der Waals surface area (Å²) in [4.78, 5) is 48.6. The summed E-state index contributed by atoms with van der Waals surface area (Å²) < 4.78 is 39.6. The third-order valence-electron chi connectivity index (χ3n) is 13.5. The van der Waals surface area contributed by atoms with E-state index in [0.29, 0.717) is 19.3 Å². The number of esters is 3. The molecule has 12 heteroatoms. The lowest BCUT2D eigenvalue weighted by Crippen LogP contribution is -2.30. The molecule has 0 bridgehead atoms. The van der Waals surface area contributed by atoms with Gasteiger partial charge in [0.2, 0.25) is 0 Å². The second-order valence-corrected chi connectivity index (χ2v) is 22.3. The van der Waals surface area contributed by atoms with Crippen LogP contribution in [0.25, 0.3) is 0 Å². The van der Waals surface area contributed by atoms with Gasteiger partial charge < -0.3 is 24.2 Å². The van der Waals surface area contributed by atoms with Crippen molar-refractivity contribution in [1.29, 1.82) is 0 Å². The first kappa shape index (κ1) is 71.7. The molecule has 74 heavy (non-hydrogen) atoms. The van der Waals surface area contributed by atoms with E-state index in [1.54, 1.807) is 0 Å². The van der Waals surface area contributed by atoms with E-state index < -0.39 is 57.8 Å². The number of ether oxygens (including phenoxy) is 3. The molecule has 0 fully saturated rings. The van der Waals surface area contributed by atoms with Crippen LogP contribution in [0.4, 0.5) is 0 Å². The molecule has 0 aromatic heterocycles. The molecule has 0 rings (SSSR count). The number of carbonyl (C=O) groups is 3. The SMILES string of the molecule is CCC/C=C\C/C=C\CCCCCCCC(=O)OC(CO)COP(=O)(O)OCC(COC(=O)CCCCCCCCCCCCCCCCC)OC(=O)CCCCCCCCCCC/C=C\CCCCCCCC. The first-order valence-electron chi connectivity index (χ1n) is 30.9. The second-order valence-electron chi connectivity index (χ2n) is 20.9. The largest absolute Gasteiger partial charge is 0.472 e. The van der Waals surface area contributed by atoms with Gasteiger partial charge in [-0.1, -0.05) is 250 Å². The zero-order chi connectivity index (χ0) is 54.1. The molecule has 0 amide bonds. The average Bonchev–Trinajstić information content (AvgIpc) is 3.39. The number of unbranched alkanes of at least 4 members (excludes halogenated alkanes) is 35. The van der Waals surface area contributed by atoms with Crippen LogP contribution in [0.5, 0.6) is 0 Å². The van der Waals surface area contributed by atoms with E-state index in [2.05, 4.69) is 57.2 Å². The van der Waals surface area contributed by atoms with Crippen molar-refractivity contribution in [3.63, 3.8) is 0 Å². The fourth-order valence-electron chi connectivity index (χ4n) is 8.80. The van der Waals surface area contributed by atoms with Crippen molar-refractivity contribution in [2.75, 3.05) is 26.4 Å². The minimum Gasteiger partial charge on any atom is -0.462 e. The zero-order valence-corrected chi connectivity index (χ0v) is 49.0. The van der Waals surface area contributed by atoms with Gasteiger partial charge in [0.25, 0.3) is 0 Å².